The van der Waals surface area contributed by atoms with Crippen molar-refractivity contribution in [3.05, 3.63) is 0 Å². The topological polar surface area (TPSA) is 66.0 Å². The van der Waals surface area contributed by atoms with Crippen molar-refractivity contribution in [1.82, 2.24) is 5.32 Å². The van der Waals surface area contributed by atoms with Gasteiger partial charge in [0.05, 0.1) is 13.2 Å². The molecule has 6 nitrogen and oxygen atoms in total. The Bertz CT molecular complexity index is 591. The highest BCUT2D eigenvalue weighted by Crippen LogP contribution is 2.26. The molecule has 0 bridgehead atoms. The Morgan fingerprint density at radius 2 is 1.00 bits per heavy atom. The van der Waals surface area contributed by atoms with Gasteiger partial charge in [-0.3, -0.25) is 4.89 Å². The average Bonchev–Trinajstić information content (AvgIpc) is 3.02. The third kappa shape index (κ3) is 34.5. The van der Waals surface area contributed by atoms with Gasteiger partial charge in [0, 0.05) is 19.4 Å². The minimum atomic E-state index is -1.28. The first-order chi connectivity index (χ1) is 21.4. The van der Waals surface area contributed by atoms with Crippen molar-refractivity contribution < 1.29 is 24.0 Å². The predicted molar refractivity (Wildman–Crippen MR) is 195 cm³/mol. The van der Waals surface area contributed by atoms with Crippen LogP contribution in [-0.4, -0.2) is 36.0 Å². The van der Waals surface area contributed by atoms with Gasteiger partial charge in [0.1, 0.15) is 4.32 Å². The molecule has 0 radical (unpaired) electrons. The van der Waals surface area contributed by atoms with Crippen LogP contribution in [0.5, 0.6) is 0 Å². The third-order valence-electron chi connectivity index (χ3n) is 7.50. The van der Waals surface area contributed by atoms with Crippen LogP contribution in [0.15, 0.2) is 0 Å². The highest BCUT2D eigenvalue weighted by molar-refractivity contribution is 8.11. The molecule has 0 aliphatic heterocycles. The van der Waals surface area contributed by atoms with Gasteiger partial charge in [0.2, 0.25) is 0 Å². The number of ether oxygens (including phenoxy) is 2. The number of thiocarbonyl (C=S) groups is 1. The number of thiol groups is 1. The van der Waals surface area contributed by atoms with Crippen LogP contribution in [0.25, 0.3) is 0 Å². The summed E-state index contributed by atoms with van der Waals surface area (Å²) in [7, 11) is 0. The molecule has 0 aromatic heterocycles. The van der Waals surface area contributed by atoms with Crippen LogP contribution >= 0.6 is 24.8 Å². The van der Waals surface area contributed by atoms with Crippen molar-refractivity contribution in [2.75, 3.05) is 19.8 Å². The van der Waals surface area contributed by atoms with Crippen molar-refractivity contribution in [2.45, 2.75) is 201 Å². The van der Waals surface area contributed by atoms with E-state index in [0.29, 0.717) is 30.4 Å². The minimum Gasteiger partial charge on any atom is -0.371 e. The standard InChI is InChI=1S/C32H64O5.C4H9NS2/c1-5-9-13-17-21-25-29-34-32(28-24-20-16-12-8-4,35-30-26-22-18-14-10-6-2)37-36-31(33)27-23-19-15-11-7-3;1-2-3-5-4(6)7/h5-30H2,1-4H3;2-3H2,1H3,(H2,5,6,7). The molecule has 0 aliphatic carbocycles. The van der Waals surface area contributed by atoms with E-state index in [1.165, 1.54) is 83.5 Å². The van der Waals surface area contributed by atoms with Gasteiger partial charge >= 0.3 is 11.9 Å². The molecule has 0 spiro atoms. The summed E-state index contributed by atoms with van der Waals surface area (Å²) in [6, 6.07) is 0. The maximum atomic E-state index is 12.4. The lowest BCUT2D eigenvalue weighted by Gasteiger charge is -2.31. The van der Waals surface area contributed by atoms with E-state index in [0.717, 1.165) is 70.8 Å². The molecule has 0 aromatic carbocycles. The van der Waals surface area contributed by atoms with Gasteiger partial charge in [-0.15, -0.1) is 17.5 Å². The van der Waals surface area contributed by atoms with E-state index in [2.05, 4.69) is 64.8 Å². The van der Waals surface area contributed by atoms with E-state index in [9.17, 15) is 4.79 Å². The quantitative estimate of drug-likeness (QED) is 0.0185. The van der Waals surface area contributed by atoms with Gasteiger partial charge in [-0.05, 0) is 32.1 Å². The number of carbonyl (C=O) groups excluding carboxylic acids is 1. The Labute approximate surface area is 284 Å². The van der Waals surface area contributed by atoms with Gasteiger partial charge in [-0.25, -0.2) is 4.79 Å². The number of hydrogen-bond donors (Lipinski definition) is 2. The zero-order valence-corrected chi connectivity index (χ0v) is 31.4. The van der Waals surface area contributed by atoms with Gasteiger partial charge in [0.15, 0.2) is 0 Å². The second-order valence-corrected chi connectivity index (χ2v) is 13.2. The molecule has 0 amide bonds. The summed E-state index contributed by atoms with van der Waals surface area (Å²) in [6.07, 6.45) is 27.5. The maximum absolute atomic E-state index is 12.4. The van der Waals surface area contributed by atoms with Crippen LogP contribution in [0.4, 0.5) is 0 Å². The summed E-state index contributed by atoms with van der Waals surface area (Å²) in [5.74, 6) is -1.60. The van der Waals surface area contributed by atoms with Crippen LogP contribution in [0.3, 0.4) is 0 Å². The molecule has 0 aliphatic rings. The average molecular weight is 664 g/mol. The minimum absolute atomic E-state index is 0.321. The molecule has 0 atom stereocenters. The zero-order chi connectivity index (χ0) is 33.0. The van der Waals surface area contributed by atoms with E-state index in [-0.39, 0.29) is 5.97 Å². The Kier molecular flexibility index (Phi) is 38.5. The monoisotopic (exact) mass is 663 g/mol. The second-order valence-electron chi connectivity index (χ2n) is 12.0. The van der Waals surface area contributed by atoms with Crippen molar-refractivity contribution in [3.63, 3.8) is 0 Å². The van der Waals surface area contributed by atoms with Gasteiger partial charge < -0.3 is 14.8 Å². The van der Waals surface area contributed by atoms with Crippen molar-refractivity contribution >= 4 is 35.1 Å². The van der Waals surface area contributed by atoms with Gasteiger partial charge in [-0.1, -0.05) is 162 Å². The Morgan fingerprint density at radius 1 is 0.591 bits per heavy atom. The number of hydrogen-bond acceptors (Lipinski definition) is 6. The SMILES string of the molecule is CCCCCCCCOC(CCCCCCC)(OCCCCCCCC)OOC(=O)CCCCCCC.CCCNC(=S)S. The fourth-order valence-electron chi connectivity index (χ4n) is 4.70. The summed E-state index contributed by atoms with van der Waals surface area (Å²) >= 11 is 8.47. The lowest BCUT2D eigenvalue weighted by atomic mass is 10.1. The first kappa shape index (κ1) is 45.7. The summed E-state index contributed by atoms with van der Waals surface area (Å²) in [6.45, 7) is 13.0. The fourth-order valence-corrected chi connectivity index (χ4v) is 4.91. The van der Waals surface area contributed by atoms with Crippen molar-refractivity contribution in [1.29, 1.82) is 0 Å². The fraction of sp³-hybridized carbons (Fsp3) is 0.944. The predicted octanol–water partition coefficient (Wildman–Crippen LogP) is 11.8. The molecule has 0 heterocycles. The summed E-state index contributed by atoms with van der Waals surface area (Å²) in [4.78, 5) is 23.5. The number of nitrogens with one attached hydrogen (secondary N) is 1. The molecule has 0 rings (SSSR count). The van der Waals surface area contributed by atoms with E-state index in [4.69, 9.17) is 19.2 Å². The molecule has 0 aromatic rings. The summed E-state index contributed by atoms with van der Waals surface area (Å²) < 4.78 is 13.1. The van der Waals surface area contributed by atoms with Crippen molar-refractivity contribution in [3.8, 4) is 0 Å². The molecule has 0 fully saturated rings. The Morgan fingerprint density at radius 3 is 1.41 bits per heavy atom. The molecule has 0 unspecified atom stereocenters. The largest absolute Gasteiger partial charge is 0.371 e. The lowest BCUT2D eigenvalue weighted by Crippen LogP contribution is -2.41. The molecule has 264 valence electrons. The number of rotatable bonds is 32. The second kappa shape index (κ2) is 37.1. The lowest BCUT2D eigenvalue weighted by molar-refractivity contribution is -0.491. The normalized spacial score (nSPS) is 11.2. The molecule has 44 heavy (non-hydrogen) atoms. The van der Waals surface area contributed by atoms with E-state index < -0.39 is 5.97 Å². The Hall–Kier alpha value is -0.410. The van der Waals surface area contributed by atoms with E-state index in [1.54, 1.807) is 0 Å². The molecule has 8 heteroatoms. The molecular formula is C36H73NO5S2. The molecule has 1 N–H and O–H groups in total. The summed E-state index contributed by atoms with van der Waals surface area (Å²) in [5.41, 5.74) is 0. The molecule has 0 saturated heterocycles. The van der Waals surface area contributed by atoms with Crippen LogP contribution < -0.4 is 5.32 Å². The van der Waals surface area contributed by atoms with Crippen LogP contribution in [0, 0.1) is 0 Å². The third-order valence-corrected chi connectivity index (χ3v) is 7.80. The molecular weight excluding hydrogens is 591 g/mol. The van der Waals surface area contributed by atoms with E-state index >= 15 is 0 Å². The Balaban J connectivity index is 0. The zero-order valence-electron chi connectivity index (χ0n) is 29.7. The maximum Gasteiger partial charge on any atom is 0.342 e. The first-order valence-electron chi connectivity index (χ1n) is 18.5. The number of carbonyl (C=O) groups is 1. The van der Waals surface area contributed by atoms with Crippen LogP contribution in [0.1, 0.15) is 195 Å². The molecule has 0 saturated carbocycles. The van der Waals surface area contributed by atoms with Crippen LogP contribution in [0.2, 0.25) is 0 Å². The van der Waals surface area contributed by atoms with Gasteiger partial charge in [0.25, 0.3) is 0 Å². The van der Waals surface area contributed by atoms with Gasteiger partial charge in [-0.2, -0.15) is 0 Å². The summed E-state index contributed by atoms with van der Waals surface area (Å²) in [5, 5.41) is 2.89. The first-order valence-corrected chi connectivity index (χ1v) is 19.4. The highest BCUT2D eigenvalue weighted by atomic mass is 32.1. The highest BCUT2D eigenvalue weighted by Gasteiger charge is 2.36. The smallest absolute Gasteiger partial charge is 0.342 e. The number of unbranched alkanes of at least 4 members (excludes halogenated alkanes) is 18. The van der Waals surface area contributed by atoms with Crippen LogP contribution in [-0.2, 0) is 24.0 Å². The van der Waals surface area contributed by atoms with Crippen molar-refractivity contribution in [2.24, 2.45) is 0 Å². The van der Waals surface area contributed by atoms with E-state index in [1.807, 2.05) is 0 Å².